The quantitative estimate of drug-likeness (QED) is 0.554. The molecule has 4 heteroatoms. The molecule has 1 saturated heterocycles. The van der Waals surface area contributed by atoms with E-state index in [0.717, 1.165) is 13.0 Å². The molecule has 0 aromatic rings. The highest BCUT2D eigenvalue weighted by Crippen LogP contribution is 2.23. The highest BCUT2D eigenvalue weighted by molar-refractivity contribution is 7.77. The lowest BCUT2D eigenvalue weighted by Crippen LogP contribution is -2.28. The molecule has 0 aromatic heterocycles. The van der Waals surface area contributed by atoms with Gasteiger partial charge in [-0.15, -0.1) is 0 Å². The summed E-state index contributed by atoms with van der Waals surface area (Å²) < 4.78 is 1.59. The smallest absolute Gasteiger partial charge is 0.321 e. The van der Waals surface area contributed by atoms with Crippen LogP contribution in [0.15, 0.2) is 0 Å². The van der Waals surface area contributed by atoms with E-state index in [0.29, 0.717) is 5.92 Å². The second-order valence-electron chi connectivity index (χ2n) is 2.82. The van der Waals surface area contributed by atoms with Gasteiger partial charge in [0.1, 0.15) is 6.04 Å². The normalized spacial score (nSPS) is 34.6. The number of thiol groups is 1. The number of aliphatic carboxylic acids is 1. The SMILES string of the molecule is C[C@H]1C[C@@H](C(=O)O)N(S)C1. The third-order valence-electron chi connectivity index (χ3n) is 1.77. The Morgan fingerprint density at radius 1 is 1.80 bits per heavy atom. The van der Waals surface area contributed by atoms with Crippen LogP contribution in [0.25, 0.3) is 0 Å². The molecule has 0 unspecified atom stereocenters. The van der Waals surface area contributed by atoms with Gasteiger partial charge in [-0.1, -0.05) is 19.7 Å². The first-order valence-corrected chi connectivity index (χ1v) is 3.69. The van der Waals surface area contributed by atoms with Crippen molar-refractivity contribution in [1.82, 2.24) is 4.31 Å². The van der Waals surface area contributed by atoms with Crippen LogP contribution in [0, 0.1) is 5.92 Å². The Labute approximate surface area is 65.6 Å². The Morgan fingerprint density at radius 2 is 2.40 bits per heavy atom. The van der Waals surface area contributed by atoms with E-state index in [1.165, 1.54) is 0 Å². The Bertz CT molecular complexity index is 151. The van der Waals surface area contributed by atoms with E-state index in [9.17, 15) is 4.79 Å². The maximum Gasteiger partial charge on any atom is 0.321 e. The van der Waals surface area contributed by atoms with E-state index in [1.54, 1.807) is 4.31 Å². The van der Waals surface area contributed by atoms with Crippen molar-refractivity contribution in [2.45, 2.75) is 19.4 Å². The molecule has 0 spiro atoms. The number of nitrogens with zero attached hydrogens (tertiary/aromatic N) is 1. The first-order valence-electron chi connectivity index (χ1n) is 3.29. The molecule has 0 aromatic carbocycles. The standard InChI is InChI=1S/C6H11NO2S/c1-4-2-5(6(8)9)7(10)3-4/h4-5,10H,2-3H2,1H3,(H,8,9)/t4-,5-/m0/s1. The highest BCUT2D eigenvalue weighted by atomic mass is 32.1. The van der Waals surface area contributed by atoms with Gasteiger partial charge >= 0.3 is 5.97 Å². The van der Waals surface area contributed by atoms with Gasteiger partial charge in [0.25, 0.3) is 0 Å². The van der Waals surface area contributed by atoms with Crippen molar-refractivity contribution in [3.63, 3.8) is 0 Å². The summed E-state index contributed by atoms with van der Waals surface area (Å²) in [6.45, 7) is 2.81. The van der Waals surface area contributed by atoms with Gasteiger partial charge in [0.15, 0.2) is 0 Å². The van der Waals surface area contributed by atoms with Gasteiger partial charge < -0.3 is 5.11 Å². The Morgan fingerprint density at radius 3 is 2.60 bits per heavy atom. The largest absolute Gasteiger partial charge is 0.480 e. The number of carboxylic acid groups (broad SMARTS) is 1. The van der Waals surface area contributed by atoms with E-state index in [-0.39, 0.29) is 6.04 Å². The third kappa shape index (κ3) is 1.44. The minimum absolute atomic E-state index is 0.377. The van der Waals surface area contributed by atoms with E-state index in [4.69, 9.17) is 5.11 Å². The average Bonchev–Trinajstić information content (AvgIpc) is 2.10. The Hall–Kier alpha value is -0.220. The minimum atomic E-state index is -0.764. The van der Waals surface area contributed by atoms with E-state index in [2.05, 4.69) is 12.8 Å². The summed E-state index contributed by atoms with van der Waals surface area (Å²) in [4.78, 5) is 10.5. The number of hydrogen-bond donors (Lipinski definition) is 2. The second kappa shape index (κ2) is 2.80. The van der Waals surface area contributed by atoms with Gasteiger partial charge in [-0.05, 0) is 12.3 Å². The van der Waals surface area contributed by atoms with Crippen LogP contribution in [0.3, 0.4) is 0 Å². The monoisotopic (exact) mass is 161 g/mol. The zero-order valence-corrected chi connectivity index (χ0v) is 6.71. The summed E-state index contributed by atoms with van der Waals surface area (Å²) in [5.74, 6) is -0.307. The summed E-state index contributed by atoms with van der Waals surface area (Å²) in [5.41, 5.74) is 0. The molecule has 0 saturated carbocycles. The summed E-state index contributed by atoms with van der Waals surface area (Å²) in [6.07, 6.45) is 0.721. The second-order valence-corrected chi connectivity index (χ2v) is 3.33. The van der Waals surface area contributed by atoms with Crippen LogP contribution in [0.2, 0.25) is 0 Å². The maximum atomic E-state index is 10.5. The van der Waals surface area contributed by atoms with Crippen molar-refractivity contribution in [3.8, 4) is 0 Å². The molecule has 3 nitrogen and oxygen atoms in total. The fourth-order valence-electron chi connectivity index (χ4n) is 1.25. The van der Waals surface area contributed by atoms with Crippen LogP contribution in [-0.4, -0.2) is 28.0 Å². The Balaban J connectivity index is 2.54. The molecule has 0 aliphatic carbocycles. The minimum Gasteiger partial charge on any atom is -0.480 e. The van der Waals surface area contributed by atoms with Gasteiger partial charge in [0.05, 0.1) is 0 Å². The van der Waals surface area contributed by atoms with Crippen molar-refractivity contribution in [1.29, 1.82) is 0 Å². The molecule has 1 fully saturated rings. The van der Waals surface area contributed by atoms with Crippen LogP contribution in [0.1, 0.15) is 13.3 Å². The molecular formula is C6H11NO2S. The van der Waals surface area contributed by atoms with Gasteiger partial charge in [-0.2, -0.15) is 0 Å². The number of carboxylic acids is 1. The Kier molecular flexibility index (Phi) is 2.21. The number of rotatable bonds is 1. The molecule has 10 heavy (non-hydrogen) atoms. The number of hydrogen-bond acceptors (Lipinski definition) is 3. The van der Waals surface area contributed by atoms with Crippen LogP contribution in [-0.2, 0) is 4.79 Å². The lowest BCUT2D eigenvalue weighted by molar-refractivity contribution is -0.140. The summed E-state index contributed by atoms with van der Waals surface area (Å²) in [7, 11) is 0. The fourth-order valence-corrected chi connectivity index (χ4v) is 1.72. The maximum absolute atomic E-state index is 10.5. The molecule has 0 amide bonds. The molecule has 58 valence electrons. The van der Waals surface area contributed by atoms with Crippen molar-refractivity contribution < 1.29 is 9.90 Å². The first-order chi connectivity index (χ1) is 4.61. The summed E-state index contributed by atoms with van der Waals surface area (Å²) in [5, 5.41) is 8.61. The van der Waals surface area contributed by atoms with E-state index >= 15 is 0 Å². The molecule has 1 aliphatic rings. The van der Waals surface area contributed by atoms with Gasteiger partial charge in [0, 0.05) is 6.54 Å². The lowest BCUT2D eigenvalue weighted by atomic mass is 10.1. The fraction of sp³-hybridized carbons (Fsp3) is 0.833. The molecule has 0 radical (unpaired) electrons. The zero-order chi connectivity index (χ0) is 7.72. The molecule has 2 atom stereocenters. The van der Waals surface area contributed by atoms with E-state index < -0.39 is 5.97 Å². The lowest BCUT2D eigenvalue weighted by Gasteiger charge is -2.11. The van der Waals surface area contributed by atoms with Crippen LogP contribution < -0.4 is 0 Å². The van der Waals surface area contributed by atoms with Gasteiger partial charge in [-0.25, -0.2) is 4.31 Å². The predicted octanol–water partition coefficient (Wildman–Crippen LogP) is 0.626. The number of carbonyl (C=O) groups is 1. The molecule has 1 heterocycles. The van der Waals surface area contributed by atoms with Crippen LogP contribution >= 0.6 is 12.8 Å². The first kappa shape index (κ1) is 7.88. The van der Waals surface area contributed by atoms with E-state index in [1.807, 2.05) is 6.92 Å². The van der Waals surface area contributed by atoms with Crippen molar-refractivity contribution in [2.24, 2.45) is 5.92 Å². The molecule has 1 N–H and O–H groups in total. The van der Waals surface area contributed by atoms with Crippen molar-refractivity contribution in [2.75, 3.05) is 6.54 Å². The van der Waals surface area contributed by atoms with Crippen molar-refractivity contribution in [3.05, 3.63) is 0 Å². The average molecular weight is 161 g/mol. The van der Waals surface area contributed by atoms with Gasteiger partial charge in [-0.3, -0.25) is 4.79 Å². The summed E-state index contributed by atoms with van der Waals surface area (Å²) in [6, 6.07) is -0.377. The van der Waals surface area contributed by atoms with Crippen molar-refractivity contribution >= 4 is 18.8 Å². The molecular weight excluding hydrogens is 150 g/mol. The topological polar surface area (TPSA) is 40.5 Å². The predicted molar refractivity (Wildman–Crippen MR) is 40.9 cm³/mol. The van der Waals surface area contributed by atoms with Crippen LogP contribution in [0.4, 0.5) is 0 Å². The third-order valence-corrected chi connectivity index (χ3v) is 2.21. The molecule has 1 aliphatic heterocycles. The highest BCUT2D eigenvalue weighted by Gasteiger charge is 2.32. The molecule has 1 rings (SSSR count). The summed E-state index contributed by atoms with van der Waals surface area (Å²) >= 11 is 4.04. The van der Waals surface area contributed by atoms with Gasteiger partial charge in [0.2, 0.25) is 0 Å². The zero-order valence-electron chi connectivity index (χ0n) is 5.82. The molecule has 0 bridgehead atoms. The van der Waals surface area contributed by atoms with Crippen LogP contribution in [0.5, 0.6) is 0 Å².